The summed E-state index contributed by atoms with van der Waals surface area (Å²) < 4.78 is 0. The van der Waals surface area contributed by atoms with Crippen LogP contribution < -0.4 is 0 Å². The lowest BCUT2D eigenvalue weighted by Crippen LogP contribution is -2.26. The quantitative estimate of drug-likeness (QED) is 0.902. The molecule has 0 saturated heterocycles. The summed E-state index contributed by atoms with van der Waals surface area (Å²) in [6.07, 6.45) is 1.41. The summed E-state index contributed by atoms with van der Waals surface area (Å²) in [5.74, 6) is 0.534. The Morgan fingerprint density at radius 2 is 2.35 bits per heavy atom. The SMILES string of the molecule is CN(Cc1ncn[nH]1)C(=O)c1cccc(Cl)c1. The average Bonchev–Trinajstić information content (AvgIpc) is 2.80. The molecule has 1 heterocycles. The van der Waals surface area contributed by atoms with E-state index in [2.05, 4.69) is 15.2 Å². The van der Waals surface area contributed by atoms with Crippen molar-refractivity contribution in [3.63, 3.8) is 0 Å². The summed E-state index contributed by atoms with van der Waals surface area (Å²) in [5.41, 5.74) is 0.555. The molecule has 88 valence electrons. The van der Waals surface area contributed by atoms with Gasteiger partial charge in [-0.1, -0.05) is 17.7 Å². The van der Waals surface area contributed by atoms with Crippen LogP contribution in [0.25, 0.3) is 0 Å². The lowest BCUT2D eigenvalue weighted by molar-refractivity contribution is 0.0781. The highest BCUT2D eigenvalue weighted by Crippen LogP contribution is 2.12. The predicted octanol–water partition coefficient (Wildman–Crippen LogP) is 1.73. The standard InChI is InChI=1S/C11H11ClN4O/c1-16(6-10-13-7-14-15-10)11(17)8-3-2-4-9(12)5-8/h2-5,7H,6H2,1H3,(H,13,14,15). The van der Waals surface area contributed by atoms with Gasteiger partial charge in [0.25, 0.3) is 5.91 Å². The van der Waals surface area contributed by atoms with Gasteiger partial charge in [-0.2, -0.15) is 5.10 Å². The molecule has 6 heteroatoms. The minimum absolute atomic E-state index is 0.107. The number of benzene rings is 1. The van der Waals surface area contributed by atoms with Gasteiger partial charge < -0.3 is 4.90 Å². The molecule has 1 aromatic carbocycles. The van der Waals surface area contributed by atoms with Gasteiger partial charge >= 0.3 is 0 Å². The Morgan fingerprint density at radius 3 is 3.00 bits per heavy atom. The van der Waals surface area contributed by atoms with Gasteiger partial charge in [0.2, 0.25) is 0 Å². The van der Waals surface area contributed by atoms with Crippen LogP contribution in [0.1, 0.15) is 16.2 Å². The monoisotopic (exact) mass is 250 g/mol. The zero-order chi connectivity index (χ0) is 12.3. The first-order valence-corrected chi connectivity index (χ1v) is 5.40. The second-order valence-electron chi connectivity index (χ2n) is 3.60. The van der Waals surface area contributed by atoms with Crippen LogP contribution in [0.5, 0.6) is 0 Å². The summed E-state index contributed by atoms with van der Waals surface area (Å²) in [5, 5.41) is 6.98. The van der Waals surface area contributed by atoms with E-state index in [0.717, 1.165) is 0 Å². The van der Waals surface area contributed by atoms with E-state index < -0.39 is 0 Å². The molecule has 0 saturated carbocycles. The number of aromatic nitrogens is 3. The third-order valence-corrected chi connectivity index (χ3v) is 2.51. The number of nitrogens with zero attached hydrogens (tertiary/aromatic N) is 3. The number of H-pyrrole nitrogens is 1. The van der Waals surface area contributed by atoms with Crippen molar-refractivity contribution in [3.05, 3.63) is 47.0 Å². The summed E-state index contributed by atoms with van der Waals surface area (Å²) in [7, 11) is 1.70. The van der Waals surface area contributed by atoms with Gasteiger partial charge in [0, 0.05) is 17.6 Å². The highest BCUT2D eigenvalue weighted by atomic mass is 35.5. The fraction of sp³-hybridized carbons (Fsp3) is 0.182. The third kappa shape index (κ3) is 2.82. The van der Waals surface area contributed by atoms with Gasteiger partial charge in [-0.25, -0.2) is 4.98 Å². The third-order valence-electron chi connectivity index (χ3n) is 2.27. The first-order valence-electron chi connectivity index (χ1n) is 5.02. The summed E-state index contributed by atoms with van der Waals surface area (Å²) in [6.45, 7) is 0.380. The number of hydrogen-bond donors (Lipinski definition) is 1. The van der Waals surface area contributed by atoms with Gasteiger partial charge in [0.15, 0.2) is 0 Å². The molecule has 0 aliphatic rings. The van der Waals surface area contributed by atoms with Crippen LogP contribution in [0.2, 0.25) is 5.02 Å². The maximum atomic E-state index is 12.0. The van der Waals surface area contributed by atoms with Crippen molar-refractivity contribution < 1.29 is 4.79 Å². The highest BCUT2D eigenvalue weighted by molar-refractivity contribution is 6.30. The molecule has 0 aliphatic heterocycles. The van der Waals surface area contributed by atoms with Crippen molar-refractivity contribution in [3.8, 4) is 0 Å². The van der Waals surface area contributed by atoms with E-state index in [1.165, 1.54) is 6.33 Å². The molecule has 0 unspecified atom stereocenters. The molecule has 2 rings (SSSR count). The Bertz CT molecular complexity index is 512. The molecular formula is C11H11ClN4O. The van der Waals surface area contributed by atoms with E-state index >= 15 is 0 Å². The molecule has 5 nitrogen and oxygen atoms in total. The Hall–Kier alpha value is -1.88. The Balaban J connectivity index is 2.09. The number of carbonyl (C=O) groups excluding carboxylic acids is 1. The minimum atomic E-state index is -0.107. The molecule has 1 amide bonds. The van der Waals surface area contributed by atoms with Crippen LogP contribution in [0.15, 0.2) is 30.6 Å². The fourth-order valence-corrected chi connectivity index (χ4v) is 1.64. The number of hydrogen-bond acceptors (Lipinski definition) is 3. The summed E-state index contributed by atoms with van der Waals surface area (Å²) in [4.78, 5) is 17.5. The van der Waals surface area contributed by atoms with Crippen molar-refractivity contribution in [2.45, 2.75) is 6.54 Å². The first-order chi connectivity index (χ1) is 8.16. The largest absolute Gasteiger partial charge is 0.334 e. The minimum Gasteiger partial charge on any atom is -0.334 e. The maximum absolute atomic E-state index is 12.0. The van der Waals surface area contributed by atoms with Crippen molar-refractivity contribution >= 4 is 17.5 Å². The molecular weight excluding hydrogens is 240 g/mol. The van der Waals surface area contributed by atoms with E-state index in [9.17, 15) is 4.79 Å². The Labute approximate surface area is 103 Å². The van der Waals surface area contributed by atoms with Crippen LogP contribution in [0.4, 0.5) is 0 Å². The number of amides is 1. The Morgan fingerprint density at radius 1 is 1.53 bits per heavy atom. The molecule has 17 heavy (non-hydrogen) atoms. The Kier molecular flexibility index (Phi) is 3.39. The van der Waals surface area contributed by atoms with Crippen LogP contribution in [0.3, 0.4) is 0 Å². The van der Waals surface area contributed by atoms with Crippen LogP contribution in [0, 0.1) is 0 Å². The van der Waals surface area contributed by atoms with E-state index in [-0.39, 0.29) is 5.91 Å². The molecule has 0 spiro atoms. The molecule has 1 N–H and O–H groups in total. The number of carbonyl (C=O) groups is 1. The van der Waals surface area contributed by atoms with Gasteiger partial charge in [-0.15, -0.1) is 0 Å². The van der Waals surface area contributed by atoms with Crippen LogP contribution in [-0.2, 0) is 6.54 Å². The zero-order valence-electron chi connectivity index (χ0n) is 9.22. The summed E-state index contributed by atoms with van der Waals surface area (Å²) in [6, 6.07) is 6.85. The van der Waals surface area contributed by atoms with E-state index in [1.54, 1.807) is 36.2 Å². The number of halogens is 1. The first kappa shape index (κ1) is 11.6. The van der Waals surface area contributed by atoms with E-state index in [1.807, 2.05) is 0 Å². The normalized spacial score (nSPS) is 10.2. The maximum Gasteiger partial charge on any atom is 0.254 e. The van der Waals surface area contributed by atoms with Crippen molar-refractivity contribution in [2.75, 3.05) is 7.05 Å². The average molecular weight is 251 g/mol. The lowest BCUT2D eigenvalue weighted by atomic mass is 10.2. The van der Waals surface area contributed by atoms with Gasteiger partial charge in [0.05, 0.1) is 6.54 Å². The van der Waals surface area contributed by atoms with Crippen LogP contribution in [-0.4, -0.2) is 33.0 Å². The number of rotatable bonds is 3. The molecule has 1 aromatic heterocycles. The van der Waals surface area contributed by atoms with Crippen molar-refractivity contribution in [1.29, 1.82) is 0 Å². The number of aromatic amines is 1. The lowest BCUT2D eigenvalue weighted by Gasteiger charge is -2.15. The zero-order valence-corrected chi connectivity index (χ0v) is 9.98. The highest BCUT2D eigenvalue weighted by Gasteiger charge is 2.13. The van der Waals surface area contributed by atoms with Gasteiger partial charge in [-0.3, -0.25) is 9.89 Å². The molecule has 0 fully saturated rings. The second-order valence-corrected chi connectivity index (χ2v) is 4.04. The van der Waals surface area contributed by atoms with Crippen molar-refractivity contribution in [1.82, 2.24) is 20.1 Å². The van der Waals surface area contributed by atoms with E-state index in [0.29, 0.717) is 23.0 Å². The molecule has 2 aromatic rings. The molecule has 0 aliphatic carbocycles. The smallest absolute Gasteiger partial charge is 0.254 e. The predicted molar refractivity (Wildman–Crippen MR) is 63.6 cm³/mol. The van der Waals surface area contributed by atoms with Crippen molar-refractivity contribution in [2.24, 2.45) is 0 Å². The van der Waals surface area contributed by atoms with Gasteiger partial charge in [-0.05, 0) is 18.2 Å². The molecule has 0 radical (unpaired) electrons. The van der Waals surface area contributed by atoms with Gasteiger partial charge in [0.1, 0.15) is 12.2 Å². The topological polar surface area (TPSA) is 61.9 Å². The second kappa shape index (κ2) is 4.97. The fourth-order valence-electron chi connectivity index (χ4n) is 1.45. The van der Waals surface area contributed by atoms with Crippen LogP contribution >= 0.6 is 11.6 Å². The van der Waals surface area contributed by atoms with E-state index in [4.69, 9.17) is 11.6 Å². The molecule has 0 bridgehead atoms. The number of nitrogens with one attached hydrogen (secondary N) is 1. The molecule has 0 atom stereocenters. The summed E-state index contributed by atoms with van der Waals surface area (Å²) >= 11 is 5.84.